The van der Waals surface area contributed by atoms with Crippen molar-refractivity contribution in [3.05, 3.63) is 21.9 Å². The molecule has 0 aliphatic heterocycles. The highest BCUT2D eigenvalue weighted by Crippen LogP contribution is 2.14. The molecule has 1 aromatic heterocycles. The van der Waals surface area contributed by atoms with Gasteiger partial charge in [-0.1, -0.05) is 12.8 Å². The summed E-state index contributed by atoms with van der Waals surface area (Å²) >= 11 is 1.80. The van der Waals surface area contributed by atoms with E-state index in [4.69, 9.17) is 4.74 Å². The van der Waals surface area contributed by atoms with Crippen molar-refractivity contribution >= 4 is 23.3 Å². The lowest BCUT2D eigenvalue weighted by molar-refractivity contribution is -0.143. The summed E-state index contributed by atoms with van der Waals surface area (Å²) in [5, 5.41) is 6.64. The number of nitrogens with one attached hydrogen (secondary N) is 2. The Morgan fingerprint density at radius 2 is 2.00 bits per heavy atom. The lowest BCUT2D eigenvalue weighted by Crippen LogP contribution is -2.37. The Labute approximate surface area is 143 Å². The number of carbonyl (C=O) groups excluding carboxylic acids is 1. The quantitative estimate of drug-likeness (QED) is 0.297. The molecule has 1 rings (SSSR count). The van der Waals surface area contributed by atoms with E-state index in [-0.39, 0.29) is 5.97 Å². The molecular formula is C17H29N3O2S. The molecule has 6 heteroatoms. The summed E-state index contributed by atoms with van der Waals surface area (Å²) in [5.74, 6) is 0.751. The predicted molar refractivity (Wildman–Crippen MR) is 97.0 cm³/mol. The molecule has 1 heterocycles. The molecule has 0 unspecified atom stereocenters. The SMILES string of the molecule is CCOC(=O)CCCCCCNC(=NC)NCc1ccc(C)s1. The summed E-state index contributed by atoms with van der Waals surface area (Å²) in [7, 11) is 1.79. The van der Waals surface area contributed by atoms with Crippen LogP contribution in [0.25, 0.3) is 0 Å². The molecule has 0 aliphatic rings. The molecule has 1 aromatic rings. The number of aliphatic imine (C=N–C) groups is 1. The Morgan fingerprint density at radius 1 is 1.22 bits per heavy atom. The minimum absolute atomic E-state index is 0.0842. The number of rotatable bonds is 10. The van der Waals surface area contributed by atoms with Crippen LogP contribution in [0.3, 0.4) is 0 Å². The third-order valence-electron chi connectivity index (χ3n) is 3.36. The van der Waals surface area contributed by atoms with Crippen LogP contribution in [0.1, 0.15) is 48.8 Å². The highest BCUT2D eigenvalue weighted by atomic mass is 32.1. The van der Waals surface area contributed by atoms with Gasteiger partial charge in [0.2, 0.25) is 0 Å². The summed E-state index contributed by atoms with van der Waals surface area (Å²) in [6, 6.07) is 4.28. The Balaban J connectivity index is 2.03. The standard InChI is InChI=1S/C17H29N3O2S/c1-4-22-16(21)9-7-5-6-8-12-19-17(18-3)20-13-15-11-10-14(2)23-15/h10-11H,4-9,12-13H2,1-3H3,(H2,18,19,20). The molecule has 0 saturated heterocycles. The maximum Gasteiger partial charge on any atom is 0.305 e. The highest BCUT2D eigenvalue weighted by molar-refractivity contribution is 7.11. The maximum atomic E-state index is 11.2. The van der Waals surface area contributed by atoms with Crippen LogP contribution >= 0.6 is 11.3 Å². The van der Waals surface area contributed by atoms with Crippen molar-refractivity contribution in [2.24, 2.45) is 4.99 Å². The number of aryl methyl sites for hydroxylation is 1. The molecule has 0 spiro atoms. The fraction of sp³-hybridized carbons (Fsp3) is 0.647. The topological polar surface area (TPSA) is 62.7 Å². The summed E-state index contributed by atoms with van der Waals surface area (Å²) in [6.07, 6.45) is 4.67. The molecule has 0 aliphatic carbocycles. The van der Waals surface area contributed by atoms with E-state index < -0.39 is 0 Å². The Morgan fingerprint density at radius 3 is 2.65 bits per heavy atom. The second kappa shape index (κ2) is 11.9. The number of hydrogen-bond donors (Lipinski definition) is 2. The van der Waals surface area contributed by atoms with E-state index >= 15 is 0 Å². The summed E-state index contributed by atoms with van der Waals surface area (Å²) < 4.78 is 4.91. The van der Waals surface area contributed by atoms with E-state index in [1.807, 2.05) is 6.92 Å². The van der Waals surface area contributed by atoms with Crippen LogP contribution in [0.2, 0.25) is 0 Å². The van der Waals surface area contributed by atoms with Crippen molar-refractivity contribution in [1.82, 2.24) is 10.6 Å². The van der Waals surface area contributed by atoms with Gasteiger partial charge in [-0.3, -0.25) is 9.79 Å². The van der Waals surface area contributed by atoms with Crippen LogP contribution in [-0.2, 0) is 16.1 Å². The molecule has 0 amide bonds. The number of ether oxygens (including phenoxy) is 1. The molecule has 2 N–H and O–H groups in total. The molecule has 23 heavy (non-hydrogen) atoms. The van der Waals surface area contributed by atoms with Gasteiger partial charge in [-0.2, -0.15) is 0 Å². The van der Waals surface area contributed by atoms with E-state index in [1.165, 1.54) is 9.75 Å². The predicted octanol–water partition coefficient (Wildman–Crippen LogP) is 3.24. The average molecular weight is 340 g/mol. The van der Waals surface area contributed by atoms with Gasteiger partial charge in [-0.05, 0) is 38.8 Å². The summed E-state index contributed by atoms with van der Waals surface area (Å²) in [6.45, 7) is 6.12. The minimum Gasteiger partial charge on any atom is -0.466 e. The zero-order valence-corrected chi connectivity index (χ0v) is 15.3. The number of carbonyl (C=O) groups is 1. The van der Waals surface area contributed by atoms with Gasteiger partial charge in [0.25, 0.3) is 0 Å². The highest BCUT2D eigenvalue weighted by Gasteiger charge is 2.02. The zero-order chi connectivity index (χ0) is 16.9. The summed E-state index contributed by atoms with van der Waals surface area (Å²) in [4.78, 5) is 18.1. The molecule has 0 saturated carbocycles. The van der Waals surface area contributed by atoms with Crippen LogP contribution < -0.4 is 10.6 Å². The smallest absolute Gasteiger partial charge is 0.305 e. The van der Waals surface area contributed by atoms with Crippen molar-refractivity contribution in [2.75, 3.05) is 20.2 Å². The van der Waals surface area contributed by atoms with Gasteiger partial charge in [0.05, 0.1) is 13.2 Å². The van der Waals surface area contributed by atoms with Gasteiger partial charge in [0, 0.05) is 29.8 Å². The third kappa shape index (κ3) is 9.23. The molecule has 0 radical (unpaired) electrons. The number of hydrogen-bond acceptors (Lipinski definition) is 4. The second-order valence-electron chi connectivity index (χ2n) is 5.33. The second-order valence-corrected chi connectivity index (χ2v) is 6.71. The number of thiophene rings is 1. The normalized spacial score (nSPS) is 11.3. The molecule has 130 valence electrons. The van der Waals surface area contributed by atoms with E-state index in [0.29, 0.717) is 13.0 Å². The Bertz CT molecular complexity index is 486. The first-order valence-corrected chi connectivity index (χ1v) is 9.12. The van der Waals surface area contributed by atoms with Crippen molar-refractivity contribution in [3.8, 4) is 0 Å². The Hall–Kier alpha value is -1.56. The maximum absolute atomic E-state index is 11.2. The molecule has 0 aromatic carbocycles. The molecule has 0 fully saturated rings. The zero-order valence-electron chi connectivity index (χ0n) is 14.5. The Kier molecular flexibility index (Phi) is 10.1. The van der Waals surface area contributed by atoms with Gasteiger partial charge in [-0.15, -0.1) is 11.3 Å². The van der Waals surface area contributed by atoms with Crippen LogP contribution in [0.4, 0.5) is 0 Å². The first-order valence-electron chi connectivity index (χ1n) is 8.31. The van der Waals surface area contributed by atoms with Crippen molar-refractivity contribution in [1.29, 1.82) is 0 Å². The number of guanidine groups is 1. The third-order valence-corrected chi connectivity index (χ3v) is 4.36. The lowest BCUT2D eigenvalue weighted by atomic mass is 10.1. The van der Waals surface area contributed by atoms with Crippen LogP contribution in [0, 0.1) is 6.92 Å². The van der Waals surface area contributed by atoms with Crippen LogP contribution in [0.5, 0.6) is 0 Å². The van der Waals surface area contributed by atoms with Gasteiger partial charge >= 0.3 is 5.97 Å². The number of unbranched alkanes of at least 4 members (excludes halogenated alkanes) is 3. The van der Waals surface area contributed by atoms with E-state index in [2.05, 4.69) is 34.7 Å². The fourth-order valence-corrected chi connectivity index (χ4v) is 2.99. The lowest BCUT2D eigenvalue weighted by Gasteiger charge is -2.11. The monoisotopic (exact) mass is 339 g/mol. The number of esters is 1. The molecule has 0 bridgehead atoms. The molecule has 0 atom stereocenters. The van der Waals surface area contributed by atoms with Gasteiger partial charge in [0.1, 0.15) is 0 Å². The molecule has 5 nitrogen and oxygen atoms in total. The van der Waals surface area contributed by atoms with E-state index in [9.17, 15) is 4.79 Å². The first kappa shape index (κ1) is 19.5. The van der Waals surface area contributed by atoms with Crippen molar-refractivity contribution in [3.63, 3.8) is 0 Å². The largest absolute Gasteiger partial charge is 0.466 e. The fourth-order valence-electron chi connectivity index (χ4n) is 2.16. The molecular weight excluding hydrogens is 310 g/mol. The van der Waals surface area contributed by atoms with Gasteiger partial charge in [-0.25, -0.2) is 0 Å². The van der Waals surface area contributed by atoms with Crippen LogP contribution in [0.15, 0.2) is 17.1 Å². The van der Waals surface area contributed by atoms with Crippen molar-refractivity contribution < 1.29 is 9.53 Å². The van der Waals surface area contributed by atoms with E-state index in [0.717, 1.165) is 44.7 Å². The first-order chi connectivity index (χ1) is 11.2. The van der Waals surface area contributed by atoms with Crippen LogP contribution in [-0.4, -0.2) is 32.1 Å². The summed E-state index contributed by atoms with van der Waals surface area (Å²) in [5.41, 5.74) is 0. The minimum atomic E-state index is -0.0842. The van der Waals surface area contributed by atoms with Gasteiger partial charge in [0.15, 0.2) is 5.96 Å². The number of nitrogens with zero attached hydrogens (tertiary/aromatic N) is 1. The van der Waals surface area contributed by atoms with E-state index in [1.54, 1.807) is 18.4 Å². The average Bonchev–Trinajstić information content (AvgIpc) is 2.95. The van der Waals surface area contributed by atoms with Crippen molar-refractivity contribution in [2.45, 2.75) is 52.5 Å². The van der Waals surface area contributed by atoms with Gasteiger partial charge < -0.3 is 15.4 Å².